The molecule has 0 bridgehead atoms. The van der Waals surface area contributed by atoms with E-state index in [-0.39, 0.29) is 11.9 Å². The van der Waals surface area contributed by atoms with Crippen LogP contribution in [0.2, 0.25) is 0 Å². The van der Waals surface area contributed by atoms with Gasteiger partial charge in [0.1, 0.15) is 5.69 Å². The molecule has 24 heavy (non-hydrogen) atoms. The molecule has 0 fully saturated rings. The van der Waals surface area contributed by atoms with Crippen LogP contribution in [0, 0.1) is 6.92 Å². The first-order valence-electron chi connectivity index (χ1n) is 8.24. The Morgan fingerprint density at radius 1 is 1.08 bits per heavy atom. The number of hydrogen-bond acceptors (Lipinski definition) is 2. The SMILES string of the molecule is CCc1ccccc1-n1nc(C)c2c1C(=O)NC2c1ccccc1. The summed E-state index contributed by atoms with van der Waals surface area (Å²) in [6.45, 7) is 4.09. The summed E-state index contributed by atoms with van der Waals surface area (Å²) in [7, 11) is 0. The van der Waals surface area contributed by atoms with E-state index in [2.05, 4.69) is 18.3 Å². The van der Waals surface area contributed by atoms with Crippen molar-refractivity contribution in [3.8, 4) is 5.69 Å². The molecule has 2 aromatic carbocycles. The Labute approximate surface area is 141 Å². The van der Waals surface area contributed by atoms with Crippen LogP contribution in [0.3, 0.4) is 0 Å². The normalized spacial score (nSPS) is 16.1. The first kappa shape index (κ1) is 14.7. The lowest BCUT2D eigenvalue weighted by molar-refractivity contribution is 0.0953. The highest BCUT2D eigenvalue weighted by Crippen LogP contribution is 2.35. The van der Waals surface area contributed by atoms with Gasteiger partial charge in [-0.1, -0.05) is 55.5 Å². The molecule has 1 aromatic heterocycles. The predicted octanol–water partition coefficient (Wildman–Crippen LogP) is 3.58. The molecule has 0 saturated carbocycles. The van der Waals surface area contributed by atoms with Crippen molar-refractivity contribution < 1.29 is 4.79 Å². The van der Waals surface area contributed by atoms with Gasteiger partial charge in [0.25, 0.3) is 5.91 Å². The largest absolute Gasteiger partial charge is 0.340 e. The predicted molar refractivity (Wildman–Crippen MR) is 93.4 cm³/mol. The van der Waals surface area contributed by atoms with Crippen LogP contribution in [0.4, 0.5) is 0 Å². The number of benzene rings is 2. The standard InChI is InChI=1S/C20H19N3O/c1-3-14-9-7-8-12-16(14)23-19-17(13(2)22-23)18(21-20(19)24)15-10-5-4-6-11-15/h4-12,18H,3H2,1-2H3,(H,21,24). The number of nitrogens with one attached hydrogen (secondary N) is 1. The molecule has 4 rings (SSSR count). The third-order valence-corrected chi connectivity index (χ3v) is 4.62. The van der Waals surface area contributed by atoms with E-state index in [0.29, 0.717) is 5.69 Å². The van der Waals surface area contributed by atoms with Gasteiger partial charge < -0.3 is 5.32 Å². The monoisotopic (exact) mass is 317 g/mol. The molecule has 2 heterocycles. The van der Waals surface area contributed by atoms with E-state index >= 15 is 0 Å². The van der Waals surface area contributed by atoms with E-state index in [4.69, 9.17) is 5.10 Å². The summed E-state index contributed by atoms with van der Waals surface area (Å²) >= 11 is 0. The fraction of sp³-hybridized carbons (Fsp3) is 0.200. The van der Waals surface area contributed by atoms with Crippen LogP contribution in [-0.2, 0) is 6.42 Å². The number of carbonyl (C=O) groups is 1. The summed E-state index contributed by atoms with van der Waals surface area (Å²) in [5.41, 5.74) is 5.77. The first-order valence-corrected chi connectivity index (χ1v) is 8.24. The van der Waals surface area contributed by atoms with Crippen molar-refractivity contribution in [2.45, 2.75) is 26.3 Å². The fourth-order valence-electron chi connectivity index (χ4n) is 3.46. The van der Waals surface area contributed by atoms with E-state index in [1.807, 2.05) is 60.1 Å². The van der Waals surface area contributed by atoms with Crippen molar-refractivity contribution in [2.24, 2.45) is 0 Å². The number of rotatable bonds is 3. The van der Waals surface area contributed by atoms with Gasteiger partial charge in [-0.15, -0.1) is 0 Å². The number of nitrogens with zero attached hydrogens (tertiary/aromatic N) is 2. The molecule has 0 aliphatic carbocycles. The second kappa shape index (κ2) is 5.64. The molecule has 0 radical (unpaired) electrons. The van der Waals surface area contributed by atoms with Crippen molar-refractivity contribution in [1.82, 2.24) is 15.1 Å². The fourth-order valence-corrected chi connectivity index (χ4v) is 3.46. The van der Waals surface area contributed by atoms with Crippen LogP contribution in [0.25, 0.3) is 5.69 Å². The maximum atomic E-state index is 12.7. The van der Waals surface area contributed by atoms with Gasteiger partial charge in [0.05, 0.1) is 17.4 Å². The maximum absolute atomic E-state index is 12.7. The molecule has 3 aromatic rings. The summed E-state index contributed by atoms with van der Waals surface area (Å²) in [5, 5.41) is 7.80. The third-order valence-electron chi connectivity index (χ3n) is 4.62. The van der Waals surface area contributed by atoms with Gasteiger partial charge in [-0.05, 0) is 30.5 Å². The van der Waals surface area contributed by atoms with E-state index in [1.165, 1.54) is 5.56 Å². The average molecular weight is 317 g/mol. The summed E-state index contributed by atoms with van der Waals surface area (Å²) in [5.74, 6) is -0.0645. The molecule has 0 saturated heterocycles. The van der Waals surface area contributed by atoms with Crippen LogP contribution >= 0.6 is 0 Å². The highest BCUT2D eigenvalue weighted by Gasteiger charge is 2.36. The first-order chi connectivity index (χ1) is 11.7. The van der Waals surface area contributed by atoms with Crippen LogP contribution < -0.4 is 5.32 Å². The number of para-hydroxylation sites is 1. The van der Waals surface area contributed by atoms with Gasteiger partial charge in [-0.3, -0.25) is 4.79 Å². The van der Waals surface area contributed by atoms with Crippen molar-refractivity contribution in [2.75, 3.05) is 0 Å². The lowest BCUT2D eigenvalue weighted by atomic mass is 10.0. The van der Waals surface area contributed by atoms with E-state index in [9.17, 15) is 4.79 Å². The Bertz CT molecular complexity index is 912. The molecule has 0 spiro atoms. The number of carbonyl (C=O) groups excluding carboxylic acids is 1. The highest BCUT2D eigenvalue weighted by molar-refractivity contribution is 5.99. The van der Waals surface area contributed by atoms with Gasteiger partial charge >= 0.3 is 0 Å². The third kappa shape index (κ3) is 2.14. The molecule has 1 aliphatic heterocycles. The van der Waals surface area contributed by atoms with E-state index in [1.54, 1.807) is 0 Å². The van der Waals surface area contributed by atoms with Crippen LogP contribution in [0.1, 0.15) is 45.8 Å². The minimum Gasteiger partial charge on any atom is -0.340 e. The van der Waals surface area contributed by atoms with Crippen molar-refractivity contribution >= 4 is 5.91 Å². The lowest BCUT2D eigenvalue weighted by Gasteiger charge is -2.12. The zero-order valence-corrected chi connectivity index (χ0v) is 13.8. The van der Waals surface area contributed by atoms with Gasteiger partial charge in [0.15, 0.2) is 0 Å². The summed E-state index contributed by atoms with van der Waals surface area (Å²) in [4.78, 5) is 12.7. The van der Waals surface area contributed by atoms with Crippen molar-refractivity contribution in [3.63, 3.8) is 0 Å². The lowest BCUT2D eigenvalue weighted by Crippen LogP contribution is -2.22. The summed E-state index contributed by atoms with van der Waals surface area (Å²) in [6, 6.07) is 18.0. The Balaban J connectivity index is 1.90. The van der Waals surface area contributed by atoms with Crippen molar-refractivity contribution in [1.29, 1.82) is 0 Å². The van der Waals surface area contributed by atoms with Crippen LogP contribution in [0.15, 0.2) is 54.6 Å². The summed E-state index contributed by atoms with van der Waals surface area (Å²) < 4.78 is 1.81. The van der Waals surface area contributed by atoms with Gasteiger partial charge in [0, 0.05) is 5.56 Å². The molecule has 1 aliphatic rings. The average Bonchev–Trinajstić information content (AvgIpc) is 3.14. The molecular weight excluding hydrogens is 298 g/mol. The van der Waals surface area contributed by atoms with E-state index in [0.717, 1.165) is 28.9 Å². The maximum Gasteiger partial charge on any atom is 0.271 e. The van der Waals surface area contributed by atoms with E-state index < -0.39 is 0 Å². The van der Waals surface area contributed by atoms with Crippen molar-refractivity contribution in [3.05, 3.63) is 82.7 Å². The number of aryl methyl sites for hydroxylation is 2. The molecule has 4 nitrogen and oxygen atoms in total. The quantitative estimate of drug-likeness (QED) is 0.802. The topological polar surface area (TPSA) is 46.9 Å². The van der Waals surface area contributed by atoms with Gasteiger partial charge in [0.2, 0.25) is 0 Å². The van der Waals surface area contributed by atoms with Gasteiger partial charge in [-0.2, -0.15) is 5.10 Å². The molecule has 1 unspecified atom stereocenters. The molecule has 4 heteroatoms. The molecule has 1 atom stereocenters. The zero-order chi connectivity index (χ0) is 16.7. The minimum absolute atomic E-state index is 0.0645. The van der Waals surface area contributed by atoms with Crippen LogP contribution in [-0.4, -0.2) is 15.7 Å². The Kier molecular flexibility index (Phi) is 3.45. The molecule has 1 N–H and O–H groups in total. The Morgan fingerprint density at radius 2 is 1.79 bits per heavy atom. The number of amides is 1. The molecular formula is C20H19N3O. The smallest absolute Gasteiger partial charge is 0.271 e. The second-order valence-electron chi connectivity index (χ2n) is 6.06. The van der Waals surface area contributed by atoms with Crippen LogP contribution in [0.5, 0.6) is 0 Å². The summed E-state index contributed by atoms with van der Waals surface area (Å²) in [6.07, 6.45) is 0.896. The number of fused-ring (bicyclic) bond motifs is 1. The minimum atomic E-state index is -0.128. The number of hydrogen-bond donors (Lipinski definition) is 1. The Morgan fingerprint density at radius 3 is 2.54 bits per heavy atom. The second-order valence-corrected chi connectivity index (χ2v) is 6.06. The molecule has 1 amide bonds. The highest BCUT2D eigenvalue weighted by atomic mass is 16.2. The molecule has 120 valence electrons. The Hall–Kier alpha value is -2.88. The van der Waals surface area contributed by atoms with Gasteiger partial charge in [-0.25, -0.2) is 4.68 Å². The zero-order valence-electron chi connectivity index (χ0n) is 13.8. The number of aromatic nitrogens is 2.